The lowest BCUT2D eigenvalue weighted by molar-refractivity contribution is 0.597. The lowest BCUT2D eigenvalue weighted by atomic mass is 10.2. The summed E-state index contributed by atoms with van der Waals surface area (Å²) in [5, 5.41) is 0. The summed E-state index contributed by atoms with van der Waals surface area (Å²) in [5.74, 6) is 1.44. The number of sulfone groups is 1. The molecule has 0 aromatic heterocycles. The van der Waals surface area contributed by atoms with Gasteiger partial charge in [0, 0.05) is 0 Å². The molecule has 0 amide bonds. The zero-order chi connectivity index (χ0) is 12.0. The van der Waals surface area contributed by atoms with Crippen LogP contribution in [0.3, 0.4) is 0 Å². The van der Waals surface area contributed by atoms with E-state index in [0.717, 1.165) is 24.8 Å². The fraction of sp³-hybridized carbons (Fsp3) is 0.462. The maximum atomic E-state index is 11.9. The molecule has 0 unspecified atom stereocenters. The smallest absolute Gasteiger partial charge is 0.182 e. The van der Waals surface area contributed by atoms with Gasteiger partial charge < -0.3 is 0 Å². The Morgan fingerprint density at radius 1 is 1.12 bits per heavy atom. The van der Waals surface area contributed by atoms with Gasteiger partial charge in [0.05, 0.1) is 10.6 Å². The van der Waals surface area contributed by atoms with Crippen LogP contribution >= 0.6 is 0 Å². The molecule has 0 saturated heterocycles. The summed E-state index contributed by atoms with van der Waals surface area (Å²) >= 11 is 0. The predicted molar refractivity (Wildman–Crippen MR) is 66.8 cm³/mol. The predicted octanol–water partition coefficient (Wildman–Crippen LogP) is 3.51. The van der Waals surface area contributed by atoms with Crippen LogP contribution in [-0.2, 0) is 9.84 Å². The third kappa shape index (κ3) is 3.97. The van der Waals surface area contributed by atoms with E-state index in [4.69, 9.17) is 0 Å². The van der Waals surface area contributed by atoms with Crippen molar-refractivity contribution in [1.29, 1.82) is 0 Å². The number of benzene rings is 1. The Bertz CT molecular complexity index is 404. The summed E-state index contributed by atoms with van der Waals surface area (Å²) in [4.78, 5) is 0.398. The number of unbranched alkanes of at least 4 members (excludes halogenated alkanes) is 3. The Labute approximate surface area is 98.6 Å². The molecule has 16 heavy (non-hydrogen) atoms. The Morgan fingerprint density at radius 3 is 2.31 bits per heavy atom. The van der Waals surface area contributed by atoms with E-state index in [0.29, 0.717) is 11.3 Å². The first-order valence-electron chi connectivity index (χ1n) is 5.71. The van der Waals surface area contributed by atoms with Crippen LogP contribution < -0.4 is 0 Å². The van der Waals surface area contributed by atoms with E-state index in [1.807, 2.05) is 19.1 Å². The highest BCUT2D eigenvalue weighted by Gasteiger charge is 2.13. The highest BCUT2D eigenvalue weighted by atomic mass is 32.2. The maximum absolute atomic E-state index is 11.9. The van der Waals surface area contributed by atoms with Crippen molar-refractivity contribution in [3.05, 3.63) is 35.6 Å². The highest BCUT2D eigenvalue weighted by Crippen LogP contribution is 2.17. The number of aryl methyl sites for hydroxylation is 1. The van der Waals surface area contributed by atoms with Crippen LogP contribution in [0.15, 0.2) is 29.2 Å². The summed E-state index contributed by atoms with van der Waals surface area (Å²) in [6.45, 7) is 4.05. The largest absolute Gasteiger partial charge is 0.223 e. The highest BCUT2D eigenvalue weighted by molar-refractivity contribution is 7.93. The van der Waals surface area contributed by atoms with Crippen LogP contribution in [0.5, 0.6) is 0 Å². The molecule has 0 saturated carbocycles. The molecule has 2 nitrogen and oxygen atoms in total. The topological polar surface area (TPSA) is 34.1 Å². The maximum Gasteiger partial charge on any atom is 0.182 e. The number of hydrogen-bond acceptors (Lipinski definition) is 2. The molecule has 0 aliphatic heterocycles. The van der Waals surface area contributed by atoms with Gasteiger partial charge in [-0.3, -0.25) is 0 Å². The Hall–Kier alpha value is -0.830. The molecule has 1 radical (unpaired) electrons. The summed E-state index contributed by atoms with van der Waals surface area (Å²) in [5.41, 5.74) is 1.07. The first kappa shape index (κ1) is 13.2. The van der Waals surface area contributed by atoms with Crippen LogP contribution in [-0.4, -0.2) is 8.42 Å². The van der Waals surface area contributed by atoms with Gasteiger partial charge >= 0.3 is 0 Å². The van der Waals surface area contributed by atoms with Gasteiger partial charge in [0.25, 0.3) is 0 Å². The summed E-state index contributed by atoms with van der Waals surface area (Å²) in [6, 6.07) is 6.99. The first-order chi connectivity index (χ1) is 7.56. The lowest BCUT2D eigenvalue weighted by Gasteiger charge is -2.04. The Kier molecular flexibility index (Phi) is 5.00. The van der Waals surface area contributed by atoms with Crippen molar-refractivity contribution in [3.8, 4) is 0 Å². The third-order valence-corrected chi connectivity index (χ3v) is 4.10. The molecule has 0 N–H and O–H groups in total. The molecule has 1 aromatic rings. The van der Waals surface area contributed by atoms with Crippen LogP contribution in [0, 0.1) is 12.7 Å². The molecule has 1 rings (SSSR count). The second-order valence-electron chi connectivity index (χ2n) is 4.02. The molecule has 0 atom stereocenters. The van der Waals surface area contributed by atoms with Gasteiger partial charge in [-0.2, -0.15) is 0 Å². The zero-order valence-corrected chi connectivity index (χ0v) is 10.8. The molecular weight excluding hydrogens is 220 g/mol. The van der Waals surface area contributed by atoms with Gasteiger partial charge in [-0.1, -0.05) is 43.9 Å². The van der Waals surface area contributed by atoms with Crippen LogP contribution in [0.4, 0.5) is 0 Å². The summed E-state index contributed by atoms with van der Waals surface area (Å²) < 4.78 is 23.7. The van der Waals surface area contributed by atoms with Gasteiger partial charge in [0.1, 0.15) is 0 Å². The number of rotatable bonds is 6. The SMILES string of the molecule is CCCCC[CH]S(=O)(=O)c1ccc(C)cc1. The molecule has 0 fully saturated rings. The Balaban J connectivity index is 2.60. The lowest BCUT2D eigenvalue weighted by Crippen LogP contribution is -2.01. The van der Waals surface area contributed by atoms with Crippen molar-refractivity contribution >= 4 is 9.84 Å². The van der Waals surface area contributed by atoms with Crippen LogP contribution in [0.1, 0.15) is 38.2 Å². The zero-order valence-electron chi connectivity index (χ0n) is 9.94. The quantitative estimate of drug-likeness (QED) is 0.712. The van der Waals surface area contributed by atoms with E-state index in [1.54, 1.807) is 12.1 Å². The van der Waals surface area contributed by atoms with Crippen molar-refractivity contribution in [1.82, 2.24) is 0 Å². The fourth-order valence-electron chi connectivity index (χ4n) is 1.46. The minimum absolute atomic E-state index is 0.398. The van der Waals surface area contributed by atoms with Crippen LogP contribution in [0.25, 0.3) is 0 Å². The van der Waals surface area contributed by atoms with Crippen molar-refractivity contribution in [3.63, 3.8) is 0 Å². The normalized spacial score (nSPS) is 11.6. The van der Waals surface area contributed by atoms with Gasteiger partial charge in [0.2, 0.25) is 0 Å². The molecule has 0 heterocycles. The van der Waals surface area contributed by atoms with E-state index in [9.17, 15) is 8.42 Å². The van der Waals surface area contributed by atoms with E-state index < -0.39 is 9.84 Å². The van der Waals surface area contributed by atoms with E-state index >= 15 is 0 Å². The van der Waals surface area contributed by atoms with Gasteiger partial charge in [0.15, 0.2) is 9.84 Å². The number of hydrogen-bond donors (Lipinski definition) is 0. The second-order valence-corrected chi connectivity index (χ2v) is 5.92. The summed E-state index contributed by atoms with van der Waals surface area (Å²) in [6.07, 6.45) is 3.78. The van der Waals surface area contributed by atoms with Crippen molar-refractivity contribution in [2.45, 2.75) is 44.4 Å². The van der Waals surface area contributed by atoms with Gasteiger partial charge in [-0.15, -0.1) is 0 Å². The molecule has 0 spiro atoms. The van der Waals surface area contributed by atoms with E-state index in [2.05, 4.69) is 6.92 Å². The third-order valence-electron chi connectivity index (χ3n) is 2.49. The Morgan fingerprint density at radius 2 is 1.75 bits per heavy atom. The monoisotopic (exact) mass is 239 g/mol. The van der Waals surface area contributed by atoms with Gasteiger partial charge in [-0.05, 0) is 25.5 Å². The average Bonchev–Trinajstić information content (AvgIpc) is 2.25. The van der Waals surface area contributed by atoms with Crippen molar-refractivity contribution in [2.24, 2.45) is 0 Å². The standard InChI is InChI=1S/C13H19O2S/c1-3-4-5-6-11-16(14,15)13-9-7-12(2)8-10-13/h7-11H,3-6H2,1-2H3. The van der Waals surface area contributed by atoms with E-state index in [-0.39, 0.29) is 0 Å². The van der Waals surface area contributed by atoms with Crippen molar-refractivity contribution in [2.75, 3.05) is 0 Å². The molecule has 0 aliphatic rings. The van der Waals surface area contributed by atoms with E-state index in [1.165, 1.54) is 5.75 Å². The van der Waals surface area contributed by atoms with Gasteiger partial charge in [-0.25, -0.2) is 8.42 Å². The van der Waals surface area contributed by atoms with Crippen LogP contribution in [0.2, 0.25) is 0 Å². The minimum Gasteiger partial charge on any atom is -0.223 e. The first-order valence-corrected chi connectivity index (χ1v) is 7.26. The molecule has 1 aromatic carbocycles. The minimum atomic E-state index is -3.18. The molecule has 89 valence electrons. The fourth-order valence-corrected chi connectivity index (χ4v) is 2.64. The molecule has 0 bridgehead atoms. The molecule has 0 aliphatic carbocycles. The second kappa shape index (κ2) is 6.04. The average molecular weight is 239 g/mol. The summed E-state index contributed by atoms with van der Waals surface area (Å²) in [7, 11) is -3.18. The van der Waals surface area contributed by atoms with Crippen molar-refractivity contribution < 1.29 is 8.42 Å². The molecular formula is C13H19O2S. The molecule has 3 heteroatoms.